The van der Waals surface area contributed by atoms with Crippen molar-refractivity contribution in [3.05, 3.63) is 66.2 Å². The van der Waals surface area contributed by atoms with Crippen molar-refractivity contribution in [2.24, 2.45) is 0 Å². The first kappa shape index (κ1) is 20.7. The van der Waals surface area contributed by atoms with Crippen LogP contribution in [-0.2, 0) is 4.79 Å². The van der Waals surface area contributed by atoms with Crippen molar-refractivity contribution in [1.29, 1.82) is 0 Å². The van der Waals surface area contributed by atoms with Crippen LogP contribution in [0.15, 0.2) is 60.7 Å². The fourth-order valence-corrected chi connectivity index (χ4v) is 3.59. The molecule has 0 saturated carbocycles. The maximum absolute atomic E-state index is 12.5. The van der Waals surface area contributed by atoms with E-state index >= 15 is 0 Å². The summed E-state index contributed by atoms with van der Waals surface area (Å²) in [5.41, 5.74) is 3.13. The van der Waals surface area contributed by atoms with E-state index in [1.807, 2.05) is 41.3 Å². The third-order valence-corrected chi connectivity index (χ3v) is 5.45. The van der Waals surface area contributed by atoms with E-state index in [4.69, 9.17) is 9.47 Å². The van der Waals surface area contributed by atoms with Crippen molar-refractivity contribution in [3.8, 4) is 22.8 Å². The van der Waals surface area contributed by atoms with Gasteiger partial charge in [-0.3, -0.25) is 4.79 Å². The number of rotatable bonds is 6. The molecule has 1 aromatic heterocycles. The van der Waals surface area contributed by atoms with Crippen LogP contribution in [0.25, 0.3) is 11.3 Å². The Bertz CT molecular complexity index is 1010. The van der Waals surface area contributed by atoms with E-state index in [-0.39, 0.29) is 12.5 Å². The molecule has 1 saturated heterocycles. The van der Waals surface area contributed by atoms with Crippen molar-refractivity contribution < 1.29 is 14.3 Å². The quantitative estimate of drug-likeness (QED) is 0.613. The first-order valence-corrected chi connectivity index (χ1v) is 10.3. The fourth-order valence-electron chi connectivity index (χ4n) is 3.59. The zero-order valence-electron chi connectivity index (χ0n) is 17.8. The number of carbonyl (C=O) groups excluding carboxylic acids is 1. The van der Waals surface area contributed by atoms with Crippen LogP contribution < -0.4 is 14.4 Å². The van der Waals surface area contributed by atoms with Gasteiger partial charge >= 0.3 is 0 Å². The molecule has 160 valence electrons. The zero-order valence-corrected chi connectivity index (χ0v) is 17.8. The van der Waals surface area contributed by atoms with E-state index in [9.17, 15) is 4.79 Å². The Morgan fingerprint density at radius 1 is 0.903 bits per heavy atom. The number of hydrogen-bond acceptors (Lipinski definition) is 6. The van der Waals surface area contributed by atoms with E-state index in [1.165, 1.54) is 5.56 Å². The highest BCUT2D eigenvalue weighted by atomic mass is 16.5. The lowest BCUT2D eigenvalue weighted by molar-refractivity contribution is -0.133. The van der Waals surface area contributed by atoms with Crippen molar-refractivity contribution in [1.82, 2.24) is 15.1 Å². The molecule has 1 amide bonds. The molecule has 0 bridgehead atoms. The average molecular weight is 418 g/mol. The molecule has 0 atom stereocenters. The molecule has 1 aliphatic rings. The van der Waals surface area contributed by atoms with E-state index in [0.717, 1.165) is 22.8 Å². The summed E-state index contributed by atoms with van der Waals surface area (Å²) in [5, 5.41) is 8.83. The van der Waals surface area contributed by atoms with Gasteiger partial charge in [-0.2, -0.15) is 0 Å². The second-order valence-electron chi connectivity index (χ2n) is 7.42. The second kappa shape index (κ2) is 9.47. The van der Waals surface area contributed by atoms with Gasteiger partial charge in [-0.1, -0.05) is 24.3 Å². The summed E-state index contributed by atoms with van der Waals surface area (Å²) in [6.07, 6.45) is 0. The Balaban J connectivity index is 1.29. The van der Waals surface area contributed by atoms with Gasteiger partial charge in [-0.05, 0) is 48.9 Å². The Kier molecular flexibility index (Phi) is 6.31. The number of methoxy groups -OCH3 is 1. The first-order chi connectivity index (χ1) is 15.1. The molecule has 0 spiro atoms. The highest BCUT2D eigenvalue weighted by molar-refractivity contribution is 5.78. The summed E-state index contributed by atoms with van der Waals surface area (Å²) < 4.78 is 10.7. The molecule has 1 fully saturated rings. The fraction of sp³-hybridized carbons (Fsp3) is 0.292. The number of piperazine rings is 1. The minimum atomic E-state index is -0.0172. The average Bonchev–Trinajstić information content (AvgIpc) is 2.83. The minimum Gasteiger partial charge on any atom is -0.497 e. The lowest BCUT2D eigenvalue weighted by atomic mass is 10.1. The van der Waals surface area contributed by atoms with Gasteiger partial charge in [0, 0.05) is 31.7 Å². The van der Waals surface area contributed by atoms with E-state index in [1.54, 1.807) is 19.2 Å². The van der Waals surface area contributed by atoms with Crippen molar-refractivity contribution >= 4 is 11.7 Å². The third kappa shape index (κ3) is 4.94. The first-order valence-electron chi connectivity index (χ1n) is 10.3. The summed E-state index contributed by atoms with van der Waals surface area (Å²) in [5.74, 6) is 2.22. The predicted molar refractivity (Wildman–Crippen MR) is 119 cm³/mol. The lowest BCUT2D eigenvalue weighted by Crippen LogP contribution is -2.50. The van der Waals surface area contributed by atoms with Crippen LogP contribution in [-0.4, -0.2) is 60.9 Å². The standard InChI is InChI=1S/C24H26N4O3/c1-18-5-3-4-6-21(18)22-11-12-23(26-25-22)27-13-15-28(16-14-27)24(29)17-31-20-9-7-19(30-2)8-10-20/h3-12H,13-17H2,1-2H3. The highest BCUT2D eigenvalue weighted by Gasteiger charge is 2.22. The van der Waals surface area contributed by atoms with Crippen LogP contribution in [0.1, 0.15) is 5.56 Å². The summed E-state index contributed by atoms with van der Waals surface area (Å²) in [7, 11) is 1.61. The normalized spacial score (nSPS) is 13.7. The zero-order chi connectivity index (χ0) is 21.6. The Hall–Kier alpha value is -3.61. The molecule has 2 aromatic carbocycles. The van der Waals surface area contributed by atoms with Gasteiger partial charge in [0.15, 0.2) is 12.4 Å². The molecule has 0 aliphatic carbocycles. The number of amides is 1. The number of anilines is 1. The molecule has 7 nitrogen and oxygen atoms in total. The van der Waals surface area contributed by atoms with Crippen LogP contribution in [0.2, 0.25) is 0 Å². The maximum atomic E-state index is 12.5. The number of hydrogen-bond donors (Lipinski definition) is 0. The number of ether oxygens (including phenoxy) is 2. The molecule has 0 unspecified atom stereocenters. The van der Waals surface area contributed by atoms with Crippen molar-refractivity contribution in [2.75, 3.05) is 44.8 Å². The van der Waals surface area contributed by atoms with E-state index in [0.29, 0.717) is 31.9 Å². The minimum absolute atomic E-state index is 0.0172. The van der Waals surface area contributed by atoms with Gasteiger partial charge in [0.1, 0.15) is 11.5 Å². The van der Waals surface area contributed by atoms with Crippen LogP contribution in [0, 0.1) is 6.92 Å². The summed E-state index contributed by atoms with van der Waals surface area (Å²) in [6.45, 7) is 4.79. The van der Waals surface area contributed by atoms with Gasteiger partial charge in [0.2, 0.25) is 0 Å². The van der Waals surface area contributed by atoms with Gasteiger partial charge in [0.25, 0.3) is 5.91 Å². The number of aryl methyl sites for hydroxylation is 1. The molecule has 4 rings (SSSR count). The van der Waals surface area contributed by atoms with Crippen molar-refractivity contribution in [2.45, 2.75) is 6.92 Å². The van der Waals surface area contributed by atoms with Crippen LogP contribution >= 0.6 is 0 Å². The van der Waals surface area contributed by atoms with Crippen LogP contribution in [0.3, 0.4) is 0 Å². The Morgan fingerprint density at radius 2 is 1.61 bits per heavy atom. The van der Waals surface area contributed by atoms with Crippen molar-refractivity contribution in [3.63, 3.8) is 0 Å². The Morgan fingerprint density at radius 3 is 2.26 bits per heavy atom. The molecule has 1 aliphatic heterocycles. The Labute approximate surface area is 182 Å². The summed E-state index contributed by atoms with van der Waals surface area (Å²) >= 11 is 0. The smallest absolute Gasteiger partial charge is 0.260 e. The summed E-state index contributed by atoms with van der Waals surface area (Å²) in [4.78, 5) is 16.5. The lowest BCUT2D eigenvalue weighted by Gasteiger charge is -2.35. The van der Waals surface area contributed by atoms with Crippen LogP contribution in [0.5, 0.6) is 11.5 Å². The van der Waals surface area contributed by atoms with Gasteiger partial charge < -0.3 is 19.3 Å². The number of benzene rings is 2. The molecule has 2 heterocycles. The molecule has 7 heteroatoms. The number of aromatic nitrogens is 2. The summed E-state index contributed by atoms with van der Waals surface area (Å²) in [6, 6.07) is 19.4. The van der Waals surface area contributed by atoms with Gasteiger partial charge in [-0.25, -0.2) is 0 Å². The molecular weight excluding hydrogens is 392 g/mol. The van der Waals surface area contributed by atoms with E-state index < -0.39 is 0 Å². The largest absolute Gasteiger partial charge is 0.497 e. The van der Waals surface area contributed by atoms with Crippen LogP contribution in [0.4, 0.5) is 5.82 Å². The topological polar surface area (TPSA) is 67.8 Å². The monoisotopic (exact) mass is 418 g/mol. The maximum Gasteiger partial charge on any atom is 0.260 e. The highest BCUT2D eigenvalue weighted by Crippen LogP contribution is 2.22. The van der Waals surface area contributed by atoms with Gasteiger partial charge in [0.05, 0.1) is 12.8 Å². The SMILES string of the molecule is COc1ccc(OCC(=O)N2CCN(c3ccc(-c4ccccc4C)nn3)CC2)cc1. The number of carbonyl (C=O) groups is 1. The third-order valence-electron chi connectivity index (χ3n) is 5.45. The molecule has 3 aromatic rings. The second-order valence-corrected chi connectivity index (χ2v) is 7.42. The molecule has 0 N–H and O–H groups in total. The van der Waals surface area contributed by atoms with E-state index in [2.05, 4.69) is 34.2 Å². The molecule has 0 radical (unpaired) electrons. The van der Waals surface area contributed by atoms with Gasteiger partial charge in [-0.15, -0.1) is 10.2 Å². The number of nitrogens with zero attached hydrogens (tertiary/aromatic N) is 4. The predicted octanol–water partition coefficient (Wildman–Crippen LogP) is 3.19. The molecule has 31 heavy (non-hydrogen) atoms. The molecular formula is C24H26N4O3.